The van der Waals surface area contributed by atoms with Crippen molar-refractivity contribution in [2.75, 3.05) is 22.5 Å². The summed E-state index contributed by atoms with van der Waals surface area (Å²) < 4.78 is 26.9. The Kier molecular flexibility index (Phi) is 6.81. The number of anilines is 2. The number of urea groups is 1. The highest BCUT2D eigenvalue weighted by molar-refractivity contribution is 7.91. The van der Waals surface area contributed by atoms with E-state index in [9.17, 15) is 32.4 Å². The molecule has 0 radical (unpaired) electrons. The smallest absolute Gasteiger partial charge is 0.322 e. The van der Waals surface area contributed by atoms with E-state index in [1.54, 1.807) is 54.6 Å². The Bertz CT molecular complexity index is 2110. The van der Waals surface area contributed by atoms with Crippen LogP contribution >= 0.6 is 0 Å². The average Bonchev–Trinajstić information content (AvgIpc) is 3.51. The Morgan fingerprint density at radius 2 is 1.72 bits per heavy atom. The minimum atomic E-state index is -4.08. The number of carbonyl (C=O) groups excluding carboxylic acids is 5. The van der Waals surface area contributed by atoms with Crippen LogP contribution in [0.3, 0.4) is 0 Å². The molecule has 1 aromatic heterocycles. The van der Waals surface area contributed by atoms with Gasteiger partial charge in [0.2, 0.25) is 5.91 Å². The molecule has 7 rings (SSSR count). The molecule has 6 amide bonds. The summed E-state index contributed by atoms with van der Waals surface area (Å²) in [6, 6.07) is 17.7. The molecule has 4 N–H and O–H groups in total. The number of nitrogens with one attached hydrogen (secondary N) is 4. The summed E-state index contributed by atoms with van der Waals surface area (Å²) in [6.07, 6.45) is 2.00. The van der Waals surface area contributed by atoms with E-state index < -0.39 is 63.4 Å². The number of nitrogens with zero attached hydrogens (tertiary/aromatic N) is 2. The van der Waals surface area contributed by atoms with Crippen molar-refractivity contribution in [2.24, 2.45) is 0 Å². The molecule has 1 saturated heterocycles. The van der Waals surface area contributed by atoms with Crippen molar-refractivity contribution < 1.29 is 32.4 Å². The molecule has 0 saturated carbocycles. The number of benzene rings is 3. The van der Waals surface area contributed by atoms with Crippen LogP contribution in [0.4, 0.5) is 16.2 Å². The Balaban J connectivity index is 1.14. The first kappa shape index (κ1) is 29.1. The molecule has 13 nitrogen and oxygen atoms in total. The number of amides is 6. The summed E-state index contributed by atoms with van der Waals surface area (Å²) in [5.74, 6) is -3.26. The Labute approximate surface area is 262 Å². The number of hydrogen-bond donors (Lipinski definition) is 4. The van der Waals surface area contributed by atoms with Crippen LogP contribution in [0.15, 0.2) is 83.9 Å². The van der Waals surface area contributed by atoms with Crippen molar-refractivity contribution in [3.63, 3.8) is 0 Å². The third-order valence-electron chi connectivity index (χ3n) is 8.43. The maximum Gasteiger partial charge on any atom is 0.322 e. The molecular weight excluding hydrogens is 612 g/mol. The van der Waals surface area contributed by atoms with E-state index in [-0.39, 0.29) is 22.7 Å². The van der Waals surface area contributed by atoms with Gasteiger partial charge in [-0.05, 0) is 46.8 Å². The van der Waals surface area contributed by atoms with Crippen molar-refractivity contribution in [3.8, 4) is 0 Å². The number of carbonyl (C=O) groups is 5. The van der Waals surface area contributed by atoms with Crippen molar-refractivity contribution in [1.82, 2.24) is 20.9 Å². The van der Waals surface area contributed by atoms with Crippen LogP contribution in [-0.2, 0) is 37.1 Å². The van der Waals surface area contributed by atoms with Gasteiger partial charge < -0.3 is 16.0 Å². The first-order valence-electron chi connectivity index (χ1n) is 14.4. The van der Waals surface area contributed by atoms with E-state index in [2.05, 4.69) is 26.3 Å². The van der Waals surface area contributed by atoms with Gasteiger partial charge in [-0.25, -0.2) is 13.2 Å². The molecule has 3 heterocycles. The Hall–Kier alpha value is -5.63. The van der Waals surface area contributed by atoms with Gasteiger partial charge >= 0.3 is 6.03 Å². The largest absolute Gasteiger partial charge is 0.338 e. The Morgan fingerprint density at radius 1 is 0.957 bits per heavy atom. The first-order valence-corrected chi connectivity index (χ1v) is 16.0. The molecule has 232 valence electrons. The van der Waals surface area contributed by atoms with E-state index in [0.29, 0.717) is 17.5 Å². The number of hydrogen-bond acceptors (Lipinski definition) is 8. The van der Waals surface area contributed by atoms with Crippen molar-refractivity contribution >= 4 is 61.6 Å². The highest BCUT2D eigenvalue weighted by atomic mass is 32.2. The molecule has 1 aliphatic carbocycles. The maximum absolute atomic E-state index is 13.9. The molecule has 0 bridgehead atoms. The lowest BCUT2D eigenvalue weighted by Gasteiger charge is -2.25. The van der Waals surface area contributed by atoms with Crippen LogP contribution < -0.4 is 26.2 Å². The normalized spacial score (nSPS) is 21.3. The molecule has 1 fully saturated rings. The van der Waals surface area contributed by atoms with Crippen molar-refractivity contribution in [3.05, 3.63) is 95.8 Å². The predicted molar refractivity (Wildman–Crippen MR) is 166 cm³/mol. The lowest BCUT2D eigenvalue weighted by molar-refractivity contribution is -0.123. The topological polar surface area (TPSA) is 184 Å². The number of aromatic nitrogens is 1. The fourth-order valence-electron chi connectivity index (χ4n) is 6.30. The van der Waals surface area contributed by atoms with Gasteiger partial charge in [0.25, 0.3) is 17.7 Å². The van der Waals surface area contributed by atoms with Gasteiger partial charge in [0, 0.05) is 30.1 Å². The zero-order chi connectivity index (χ0) is 32.2. The van der Waals surface area contributed by atoms with Crippen LogP contribution in [0.2, 0.25) is 0 Å². The van der Waals surface area contributed by atoms with Crippen LogP contribution in [0, 0.1) is 0 Å². The number of fused-ring (bicyclic) bond motifs is 3. The van der Waals surface area contributed by atoms with Gasteiger partial charge in [-0.15, -0.1) is 0 Å². The Morgan fingerprint density at radius 3 is 2.52 bits per heavy atom. The van der Waals surface area contributed by atoms with Crippen LogP contribution in [0.25, 0.3) is 10.8 Å². The molecule has 3 aliphatic rings. The third kappa shape index (κ3) is 5.01. The summed E-state index contributed by atoms with van der Waals surface area (Å²) >= 11 is 0. The highest BCUT2D eigenvalue weighted by Gasteiger charge is 2.50. The minimum absolute atomic E-state index is 0.0153. The van der Waals surface area contributed by atoms with Gasteiger partial charge in [0.05, 0.1) is 16.3 Å². The molecule has 1 unspecified atom stereocenters. The quantitative estimate of drug-likeness (QED) is 0.237. The SMILES string of the molecule is O=C(CN1C(=O)[C@@H](NC(=O)c2nccc3ccccc23)CS(=O)(=O)c2ccccc21)Nc1ccc2c(c1)CC1(C2)NC(=O)NC1=O. The lowest BCUT2D eigenvalue weighted by atomic mass is 9.96. The summed E-state index contributed by atoms with van der Waals surface area (Å²) in [5.41, 5.74) is 0.972. The van der Waals surface area contributed by atoms with Gasteiger partial charge in [0.1, 0.15) is 23.8 Å². The second-order valence-electron chi connectivity index (χ2n) is 11.5. The van der Waals surface area contributed by atoms with Crippen molar-refractivity contribution in [2.45, 2.75) is 29.3 Å². The summed E-state index contributed by atoms with van der Waals surface area (Å²) in [7, 11) is -4.08. The van der Waals surface area contributed by atoms with Gasteiger partial charge in [-0.1, -0.05) is 42.5 Å². The van der Waals surface area contributed by atoms with E-state index >= 15 is 0 Å². The van der Waals surface area contributed by atoms with E-state index in [1.807, 2.05) is 0 Å². The van der Waals surface area contributed by atoms with Crippen LogP contribution in [-0.4, -0.2) is 66.9 Å². The molecule has 4 aromatic rings. The fraction of sp³-hybridized carbons (Fsp3) is 0.188. The summed E-state index contributed by atoms with van der Waals surface area (Å²) in [4.78, 5) is 70.0. The van der Waals surface area contributed by atoms with E-state index in [4.69, 9.17) is 0 Å². The number of pyridine rings is 1. The number of sulfone groups is 1. The molecule has 14 heteroatoms. The highest BCUT2D eigenvalue weighted by Crippen LogP contribution is 2.34. The number of imide groups is 1. The van der Waals surface area contributed by atoms with Gasteiger partial charge in [0.15, 0.2) is 9.84 Å². The fourth-order valence-corrected chi connectivity index (χ4v) is 7.93. The summed E-state index contributed by atoms with van der Waals surface area (Å²) in [5, 5.41) is 11.5. The second kappa shape index (κ2) is 10.8. The summed E-state index contributed by atoms with van der Waals surface area (Å²) in [6.45, 7) is -0.552. The van der Waals surface area contributed by atoms with E-state index in [1.165, 1.54) is 24.4 Å². The van der Waals surface area contributed by atoms with Crippen LogP contribution in [0.1, 0.15) is 21.6 Å². The zero-order valence-corrected chi connectivity index (χ0v) is 24.9. The first-order chi connectivity index (χ1) is 22.0. The van der Waals surface area contributed by atoms with Gasteiger partial charge in [-0.2, -0.15) is 0 Å². The van der Waals surface area contributed by atoms with Crippen LogP contribution in [0.5, 0.6) is 0 Å². The maximum atomic E-state index is 13.9. The molecule has 3 aromatic carbocycles. The van der Waals surface area contributed by atoms with Gasteiger partial charge in [-0.3, -0.25) is 34.4 Å². The number of para-hydroxylation sites is 1. The molecule has 2 aliphatic heterocycles. The lowest BCUT2D eigenvalue weighted by Crippen LogP contribution is -2.52. The standard InChI is InChI=1S/C32H26N6O7S/c39-26(34-21-10-9-19-14-32(15-20(19)13-21)30(42)36-31(43)37-32)16-38-24-7-3-4-8-25(24)46(44,45)17-23(29(38)41)35-28(40)27-22-6-2-1-5-18(22)11-12-33-27/h1-13,23H,14-17H2,(H,34,39)(H,35,40)(H2,36,37,42,43)/t23-,32?/m0/s1. The van der Waals surface area contributed by atoms with Crippen molar-refractivity contribution in [1.29, 1.82) is 0 Å². The molecule has 1 spiro atoms. The monoisotopic (exact) mass is 638 g/mol. The minimum Gasteiger partial charge on any atom is -0.338 e. The molecular formula is C32H26N6O7S. The predicted octanol–water partition coefficient (Wildman–Crippen LogP) is 1.47. The molecule has 46 heavy (non-hydrogen) atoms. The third-order valence-corrected chi connectivity index (χ3v) is 10.2. The zero-order valence-electron chi connectivity index (χ0n) is 24.1. The second-order valence-corrected chi connectivity index (χ2v) is 13.5. The van der Waals surface area contributed by atoms with E-state index in [0.717, 1.165) is 21.4 Å². The number of rotatable bonds is 5. The average molecular weight is 639 g/mol. The molecule has 2 atom stereocenters.